The molecule has 6 heteroatoms. The fourth-order valence-corrected chi connectivity index (χ4v) is 1.03. The number of urea groups is 1. The highest BCUT2D eigenvalue weighted by molar-refractivity contribution is 6.13. The van der Waals surface area contributed by atoms with Gasteiger partial charge in [-0.15, -0.1) is 6.42 Å². The summed E-state index contributed by atoms with van der Waals surface area (Å²) in [6.45, 7) is 0.0649. The number of nitrogens with zero attached hydrogens (tertiary/aromatic N) is 2. The van der Waals surface area contributed by atoms with Gasteiger partial charge in [-0.1, -0.05) is 12.0 Å². The van der Waals surface area contributed by atoms with Crippen LogP contribution in [-0.2, 0) is 0 Å². The van der Waals surface area contributed by atoms with Gasteiger partial charge in [0.05, 0.1) is 6.54 Å². The van der Waals surface area contributed by atoms with Crippen LogP contribution in [0.15, 0.2) is 24.4 Å². The second kappa shape index (κ2) is 5.36. The molecule has 0 aliphatic rings. The van der Waals surface area contributed by atoms with Crippen LogP contribution < -0.4 is 16.0 Å². The van der Waals surface area contributed by atoms with E-state index in [0.717, 1.165) is 4.90 Å². The van der Waals surface area contributed by atoms with Gasteiger partial charge in [0.25, 0.3) is 0 Å². The number of amides is 2. The van der Waals surface area contributed by atoms with Gasteiger partial charge in [-0.3, -0.25) is 5.41 Å². The average molecular weight is 217 g/mol. The van der Waals surface area contributed by atoms with Crippen molar-refractivity contribution in [1.29, 1.82) is 5.41 Å². The molecule has 0 aromatic carbocycles. The average Bonchev–Trinajstić information content (AvgIpc) is 2.27. The van der Waals surface area contributed by atoms with E-state index in [2.05, 4.69) is 16.2 Å². The van der Waals surface area contributed by atoms with Crippen molar-refractivity contribution >= 4 is 17.8 Å². The number of aromatic nitrogens is 1. The summed E-state index contributed by atoms with van der Waals surface area (Å²) in [6, 6.07) is 4.37. The first-order valence-corrected chi connectivity index (χ1v) is 4.43. The third-order valence-electron chi connectivity index (χ3n) is 1.66. The van der Waals surface area contributed by atoms with Crippen molar-refractivity contribution in [2.45, 2.75) is 0 Å². The molecule has 0 atom stereocenters. The van der Waals surface area contributed by atoms with Gasteiger partial charge in [0, 0.05) is 6.20 Å². The Bertz CT molecular complexity index is 423. The molecular weight excluding hydrogens is 206 g/mol. The van der Waals surface area contributed by atoms with Crippen molar-refractivity contribution in [3.05, 3.63) is 24.4 Å². The molecule has 0 fully saturated rings. The molecule has 1 aromatic heterocycles. The SMILES string of the molecule is C#CCNC(=O)N(C(=N)N)c1ccccn1. The smallest absolute Gasteiger partial charge is 0.330 e. The summed E-state index contributed by atoms with van der Waals surface area (Å²) in [7, 11) is 0. The number of anilines is 1. The van der Waals surface area contributed by atoms with Crippen LogP contribution in [0.25, 0.3) is 0 Å². The van der Waals surface area contributed by atoms with E-state index in [9.17, 15) is 4.79 Å². The van der Waals surface area contributed by atoms with Crippen molar-refractivity contribution < 1.29 is 4.79 Å². The quantitative estimate of drug-likeness (QED) is 0.373. The Labute approximate surface area is 93.0 Å². The number of carbonyl (C=O) groups excluding carboxylic acids is 1. The molecule has 0 radical (unpaired) electrons. The molecule has 1 heterocycles. The first-order valence-electron chi connectivity index (χ1n) is 4.43. The largest absolute Gasteiger partial charge is 0.369 e. The number of hydrogen-bond acceptors (Lipinski definition) is 3. The van der Waals surface area contributed by atoms with Crippen molar-refractivity contribution in [3.8, 4) is 12.3 Å². The topological polar surface area (TPSA) is 95.1 Å². The van der Waals surface area contributed by atoms with Gasteiger partial charge < -0.3 is 11.1 Å². The molecule has 0 unspecified atom stereocenters. The zero-order valence-electron chi connectivity index (χ0n) is 8.47. The van der Waals surface area contributed by atoms with Crippen LogP contribution >= 0.6 is 0 Å². The molecule has 4 N–H and O–H groups in total. The van der Waals surface area contributed by atoms with Gasteiger partial charge in [0.1, 0.15) is 5.82 Å². The van der Waals surface area contributed by atoms with Crippen LogP contribution in [0.3, 0.4) is 0 Å². The number of pyridine rings is 1. The van der Waals surface area contributed by atoms with Crippen molar-refractivity contribution in [2.24, 2.45) is 5.73 Å². The molecule has 0 saturated carbocycles. The molecular formula is C10H11N5O. The maximum absolute atomic E-state index is 11.6. The fraction of sp³-hybridized carbons (Fsp3) is 0.100. The number of hydrogen-bond donors (Lipinski definition) is 3. The minimum absolute atomic E-state index is 0.0649. The third kappa shape index (κ3) is 2.72. The molecule has 0 aliphatic carbocycles. The molecule has 16 heavy (non-hydrogen) atoms. The lowest BCUT2D eigenvalue weighted by molar-refractivity contribution is 0.250. The van der Waals surface area contributed by atoms with Crippen LogP contribution in [0, 0.1) is 17.8 Å². The summed E-state index contributed by atoms with van der Waals surface area (Å²) >= 11 is 0. The van der Waals surface area contributed by atoms with E-state index >= 15 is 0 Å². The zero-order valence-corrected chi connectivity index (χ0v) is 8.47. The predicted octanol–water partition coefficient (Wildman–Crippen LogP) is 0.124. The second-order valence-electron chi connectivity index (χ2n) is 2.77. The number of guanidine groups is 1. The Morgan fingerprint density at radius 1 is 1.69 bits per heavy atom. The van der Waals surface area contributed by atoms with Crippen LogP contribution in [0.4, 0.5) is 10.6 Å². The summed E-state index contributed by atoms with van der Waals surface area (Å²) in [5.74, 6) is 2.10. The number of terminal acetylenes is 1. The van der Waals surface area contributed by atoms with Crippen molar-refractivity contribution in [3.63, 3.8) is 0 Å². The zero-order chi connectivity index (χ0) is 12.0. The van der Waals surface area contributed by atoms with Gasteiger partial charge in [0.2, 0.25) is 5.96 Å². The first-order chi connectivity index (χ1) is 7.66. The Balaban J connectivity index is 2.89. The summed E-state index contributed by atoms with van der Waals surface area (Å²) in [5, 5.41) is 9.71. The molecule has 0 bridgehead atoms. The lowest BCUT2D eigenvalue weighted by Crippen LogP contribution is -2.47. The highest BCUT2D eigenvalue weighted by Crippen LogP contribution is 2.08. The van der Waals surface area contributed by atoms with Crippen LogP contribution in [0.2, 0.25) is 0 Å². The molecule has 82 valence electrons. The summed E-state index contributed by atoms with van der Waals surface area (Å²) < 4.78 is 0. The Morgan fingerprint density at radius 2 is 2.44 bits per heavy atom. The van der Waals surface area contributed by atoms with Gasteiger partial charge in [-0.2, -0.15) is 0 Å². The molecule has 2 amide bonds. The normalized spacial score (nSPS) is 8.94. The monoisotopic (exact) mass is 217 g/mol. The number of nitrogens with two attached hydrogens (primary N) is 1. The Hall–Kier alpha value is -2.55. The lowest BCUT2D eigenvalue weighted by Gasteiger charge is -2.19. The van der Waals surface area contributed by atoms with Gasteiger partial charge in [0.15, 0.2) is 0 Å². The Morgan fingerprint density at radius 3 is 2.94 bits per heavy atom. The maximum atomic E-state index is 11.6. The van der Waals surface area contributed by atoms with E-state index in [4.69, 9.17) is 17.6 Å². The van der Waals surface area contributed by atoms with E-state index in [1.54, 1.807) is 18.2 Å². The number of carbonyl (C=O) groups is 1. The summed E-state index contributed by atoms with van der Waals surface area (Å²) in [6.07, 6.45) is 6.51. The van der Waals surface area contributed by atoms with E-state index in [-0.39, 0.29) is 12.4 Å². The van der Waals surface area contributed by atoms with Gasteiger partial charge in [-0.05, 0) is 12.1 Å². The standard InChI is InChI=1S/C10H11N5O/c1-2-6-14-10(16)15(9(11)12)8-5-3-4-7-13-8/h1,3-5,7H,6H2,(H3,11,12)(H,14,16). The minimum Gasteiger partial charge on any atom is -0.369 e. The molecule has 1 aromatic rings. The van der Waals surface area contributed by atoms with E-state index in [0.29, 0.717) is 0 Å². The molecule has 0 saturated heterocycles. The van der Waals surface area contributed by atoms with Crippen LogP contribution in [0.1, 0.15) is 0 Å². The fourth-order valence-electron chi connectivity index (χ4n) is 1.03. The van der Waals surface area contributed by atoms with Gasteiger partial charge >= 0.3 is 6.03 Å². The van der Waals surface area contributed by atoms with E-state index in [1.807, 2.05) is 0 Å². The number of rotatable bonds is 2. The lowest BCUT2D eigenvalue weighted by atomic mass is 10.4. The molecule has 6 nitrogen and oxygen atoms in total. The highest BCUT2D eigenvalue weighted by Gasteiger charge is 2.18. The van der Waals surface area contributed by atoms with Gasteiger partial charge in [-0.25, -0.2) is 14.7 Å². The Kier molecular flexibility index (Phi) is 3.86. The minimum atomic E-state index is -0.579. The molecule has 0 aliphatic heterocycles. The number of nitrogens with one attached hydrogen (secondary N) is 2. The van der Waals surface area contributed by atoms with E-state index < -0.39 is 12.0 Å². The first kappa shape index (κ1) is 11.5. The maximum Gasteiger partial charge on any atom is 0.330 e. The predicted molar refractivity (Wildman–Crippen MR) is 60.9 cm³/mol. The highest BCUT2D eigenvalue weighted by atomic mass is 16.2. The van der Waals surface area contributed by atoms with Crippen LogP contribution in [0.5, 0.6) is 0 Å². The second-order valence-corrected chi connectivity index (χ2v) is 2.77. The third-order valence-corrected chi connectivity index (χ3v) is 1.66. The molecule has 0 spiro atoms. The van der Waals surface area contributed by atoms with E-state index in [1.165, 1.54) is 6.20 Å². The molecule has 1 rings (SSSR count). The van der Waals surface area contributed by atoms with Crippen molar-refractivity contribution in [1.82, 2.24) is 10.3 Å². The summed E-state index contributed by atoms with van der Waals surface area (Å²) in [5.41, 5.74) is 5.30. The van der Waals surface area contributed by atoms with Crippen LogP contribution in [-0.4, -0.2) is 23.5 Å². The summed E-state index contributed by atoms with van der Waals surface area (Å²) in [4.78, 5) is 16.5. The van der Waals surface area contributed by atoms with Crippen molar-refractivity contribution in [2.75, 3.05) is 11.4 Å².